The van der Waals surface area contributed by atoms with Crippen molar-refractivity contribution in [1.29, 1.82) is 0 Å². The molecule has 0 bridgehead atoms. The third kappa shape index (κ3) is 2.74. The van der Waals surface area contributed by atoms with Gasteiger partial charge in [0.15, 0.2) is 0 Å². The van der Waals surface area contributed by atoms with Crippen molar-refractivity contribution in [2.45, 2.75) is 19.9 Å². The van der Waals surface area contributed by atoms with Gasteiger partial charge in [-0.05, 0) is 24.7 Å². The molecule has 0 heterocycles. The Hall–Kier alpha value is -1.06. The predicted octanol–water partition coefficient (Wildman–Crippen LogP) is 2.21. The first-order chi connectivity index (χ1) is 7.61. The number of carbonyl (C=O) groups excluding carboxylic acids is 1. The lowest BCUT2D eigenvalue weighted by Crippen LogP contribution is -2.37. The summed E-state index contributed by atoms with van der Waals surface area (Å²) in [6.45, 7) is 5.51. The first kappa shape index (κ1) is 13.0. The SMILES string of the molecule is CCN(CC)C(C(N)=O)c1ccccc1Cl. The molecule has 1 atom stereocenters. The number of amides is 1. The highest BCUT2D eigenvalue weighted by atomic mass is 35.5. The molecule has 0 spiro atoms. The van der Waals surface area contributed by atoms with Gasteiger partial charge < -0.3 is 5.73 Å². The number of likely N-dealkylation sites (N-methyl/N-ethyl adjacent to an activating group) is 1. The fourth-order valence-electron chi connectivity index (χ4n) is 1.82. The zero-order valence-corrected chi connectivity index (χ0v) is 10.4. The normalized spacial score (nSPS) is 12.8. The number of carbonyl (C=O) groups is 1. The maximum absolute atomic E-state index is 11.5. The van der Waals surface area contributed by atoms with Gasteiger partial charge in [-0.1, -0.05) is 43.6 Å². The monoisotopic (exact) mass is 240 g/mol. The van der Waals surface area contributed by atoms with E-state index in [1.54, 1.807) is 6.07 Å². The van der Waals surface area contributed by atoms with Gasteiger partial charge in [0.2, 0.25) is 5.91 Å². The molecule has 1 amide bonds. The van der Waals surface area contributed by atoms with E-state index in [1.165, 1.54) is 0 Å². The van der Waals surface area contributed by atoms with Crippen molar-refractivity contribution in [2.24, 2.45) is 5.73 Å². The second-order valence-electron chi connectivity index (χ2n) is 3.55. The number of nitrogens with zero attached hydrogens (tertiary/aromatic N) is 1. The van der Waals surface area contributed by atoms with Gasteiger partial charge in [-0.25, -0.2) is 0 Å². The molecule has 0 saturated carbocycles. The third-order valence-electron chi connectivity index (χ3n) is 2.65. The van der Waals surface area contributed by atoms with E-state index in [0.717, 1.165) is 18.7 Å². The predicted molar refractivity (Wildman–Crippen MR) is 66.3 cm³/mol. The molecule has 0 saturated heterocycles. The average Bonchev–Trinajstić information content (AvgIpc) is 2.27. The van der Waals surface area contributed by atoms with E-state index >= 15 is 0 Å². The number of benzene rings is 1. The highest BCUT2D eigenvalue weighted by Gasteiger charge is 2.25. The summed E-state index contributed by atoms with van der Waals surface area (Å²) >= 11 is 6.09. The maximum atomic E-state index is 11.5. The van der Waals surface area contributed by atoms with E-state index in [-0.39, 0.29) is 5.91 Å². The van der Waals surface area contributed by atoms with Crippen LogP contribution in [-0.2, 0) is 4.79 Å². The Labute approximate surface area is 101 Å². The molecule has 1 aromatic carbocycles. The summed E-state index contributed by atoms with van der Waals surface area (Å²) in [7, 11) is 0. The van der Waals surface area contributed by atoms with Crippen LogP contribution >= 0.6 is 11.6 Å². The molecule has 1 unspecified atom stereocenters. The quantitative estimate of drug-likeness (QED) is 0.858. The second kappa shape index (κ2) is 5.87. The lowest BCUT2D eigenvalue weighted by Gasteiger charge is -2.27. The van der Waals surface area contributed by atoms with Crippen molar-refractivity contribution >= 4 is 17.5 Å². The Balaban J connectivity index is 3.12. The Kier molecular flexibility index (Phi) is 4.77. The second-order valence-corrected chi connectivity index (χ2v) is 3.95. The van der Waals surface area contributed by atoms with E-state index in [1.807, 2.05) is 36.9 Å². The largest absolute Gasteiger partial charge is 0.368 e. The summed E-state index contributed by atoms with van der Waals surface area (Å²) in [4.78, 5) is 13.5. The molecule has 2 N–H and O–H groups in total. The van der Waals surface area contributed by atoms with Gasteiger partial charge >= 0.3 is 0 Å². The summed E-state index contributed by atoms with van der Waals surface area (Å²) < 4.78 is 0. The third-order valence-corrected chi connectivity index (χ3v) is 2.99. The van der Waals surface area contributed by atoms with Crippen molar-refractivity contribution in [3.8, 4) is 0 Å². The number of nitrogens with two attached hydrogens (primary N) is 1. The number of hydrogen-bond acceptors (Lipinski definition) is 2. The fraction of sp³-hybridized carbons (Fsp3) is 0.417. The molecular weight excluding hydrogens is 224 g/mol. The van der Waals surface area contributed by atoms with E-state index < -0.39 is 6.04 Å². The molecule has 0 aliphatic rings. The minimum atomic E-state index is -0.441. The van der Waals surface area contributed by atoms with Crippen LogP contribution in [0.3, 0.4) is 0 Å². The molecule has 0 fully saturated rings. The summed E-state index contributed by atoms with van der Waals surface area (Å²) in [5.74, 6) is -0.364. The smallest absolute Gasteiger partial charge is 0.239 e. The Bertz CT molecular complexity index is 364. The number of halogens is 1. The molecular formula is C12H17ClN2O. The van der Waals surface area contributed by atoms with Gasteiger partial charge in [-0.2, -0.15) is 0 Å². The fourth-order valence-corrected chi connectivity index (χ4v) is 2.05. The van der Waals surface area contributed by atoms with Crippen LogP contribution in [0.25, 0.3) is 0 Å². The molecule has 1 aromatic rings. The van der Waals surface area contributed by atoms with Gasteiger partial charge in [0, 0.05) is 5.02 Å². The first-order valence-corrected chi connectivity index (χ1v) is 5.77. The molecule has 1 rings (SSSR count). The maximum Gasteiger partial charge on any atom is 0.239 e. The molecule has 0 aliphatic heterocycles. The lowest BCUT2D eigenvalue weighted by molar-refractivity contribution is -0.123. The summed E-state index contributed by atoms with van der Waals surface area (Å²) in [6.07, 6.45) is 0. The summed E-state index contributed by atoms with van der Waals surface area (Å²) in [5, 5.41) is 0.582. The van der Waals surface area contributed by atoms with Crippen molar-refractivity contribution in [1.82, 2.24) is 4.90 Å². The van der Waals surface area contributed by atoms with E-state index in [2.05, 4.69) is 0 Å². The van der Waals surface area contributed by atoms with Crippen LogP contribution in [0.15, 0.2) is 24.3 Å². The van der Waals surface area contributed by atoms with Gasteiger partial charge in [0.05, 0.1) is 0 Å². The minimum Gasteiger partial charge on any atom is -0.368 e. The molecule has 16 heavy (non-hydrogen) atoms. The van der Waals surface area contributed by atoms with Crippen molar-refractivity contribution in [3.63, 3.8) is 0 Å². The van der Waals surface area contributed by atoms with Crippen LogP contribution in [0.5, 0.6) is 0 Å². The van der Waals surface area contributed by atoms with E-state index in [9.17, 15) is 4.79 Å². The Morgan fingerprint density at radius 2 is 1.94 bits per heavy atom. The zero-order chi connectivity index (χ0) is 12.1. The molecule has 0 aromatic heterocycles. The molecule has 0 aliphatic carbocycles. The Morgan fingerprint density at radius 1 is 1.38 bits per heavy atom. The lowest BCUT2D eigenvalue weighted by atomic mass is 10.0. The summed E-state index contributed by atoms with van der Waals surface area (Å²) in [6, 6.07) is 6.88. The van der Waals surface area contributed by atoms with Crippen LogP contribution in [0.4, 0.5) is 0 Å². The highest BCUT2D eigenvalue weighted by molar-refractivity contribution is 6.31. The molecule has 4 heteroatoms. The zero-order valence-electron chi connectivity index (χ0n) is 9.61. The van der Waals surface area contributed by atoms with E-state index in [4.69, 9.17) is 17.3 Å². The van der Waals surface area contributed by atoms with E-state index in [0.29, 0.717) is 5.02 Å². The molecule has 0 radical (unpaired) electrons. The van der Waals surface area contributed by atoms with Gasteiger partial charge in [0.25, 0.3) is 0 Å². The minimum absolute atomic E-state index is 0.364. The number of hydrogen-bond donors (Lipinski definition) is 1. The van der Waals surface area contributed by atoms with Crippen LogP contribution < -0.4 is 5.73 Å². The number of rotatable bonds is 5. The van der Waals surface area contributed by atoms with Crippen LogP contribution in [0.2, 0.25) is 5.02 Å². The molecule has 88 valence electrons. The van der Waals surface area contributed by atoms with Crippen molar-refractivity contribution < 1.29 is 4.79 Å². The van der Waals surface area contributed by atoms with Crippen LogP contribution in [0.1, 0.15) is 25.5 Å². The topological polar surface area (TPSA) is 46.3 Å². The van der Waals surface area contributed by atoms with Crippen molar-refractivity contribution in [3.05, 3.63) is 34.9 Å². The first-order valence-electron chi connectivity index (χ1n) is 5.39. The van der Waals surface area contributed by atoms with Gasteiger partial charge in [-0.15, -0.1) is 0 Å². The summed E-state index contributed by atoms with van der Waals surface area (Å²) in [5.41, 5.74) is 6.23. The number of primary amides is 1. The van der Waals surface area contributed by atoms with Crippen LogP contribution in [-0.4, -0.2) is 23.9 Å². The van der Waals surface area contributed by atoms with Gasteiger partial charge in [0.1, 0.15) is 6.04 Å². The van der Waals surface area contributed by atoms with Gasteiger partial charge in [-0.3, -0.25) is 9.69 Å². The average molecular weight is 241 g/mol. The van der Waals surface area contributed by atoms with Crippen LogP contribution in [0, 0.1) is 0 Å². The Morgan fingerprint density at radius 3 is 2.38 bits per heavy atom. The standard InChI is InChI=1S/C12H17ClN2O/c1-3-15(4-2)11(12(14)16)9-7-5-6-8-10(9)13/h5-8,11H,3-4H2,1-2H3,(H2,14,16). The highest BCUT2D eigenvalue weighted by Crippen LogP contribution is 2.26. The van der Waals surface area contributed by atoms with Crippen molar-refractivity contribution in [2.75, 3.05) is 13.1 Å². The molecule has 3 nitrogen and oxygen atoms in total.